The van der Waals surface area contributed by atoms with E-state index in [0.717, 1.165) is 24.2 Å². The summed E-state index contributed by atoms with van der Waals surface area (Å²) in [5, 5.41) is 0. The van der Waals surface area contributed by atoms with Crippen molar-refractivity contribution in [3.63, 3.8) is 0 Å². The van der Waals surface area contributed by atoms with Crippen LogP contribution in [0.4, 0.5) is 5.69 Å². The van der Waals surface area contributed by atoms with Crippen molar-refractivity contribution in [2.75, 3.05) is 12.3 Å². The zero-order chi connectivity index (χ0) is 13.0. The minimum absolute atomic E-state index is 0.836. The molecule has 1 aromatic carbocycles. The van der Waals surface area contributed by atoms with E-state index in [2.05, 4.69) is 30.9 Å². The quantitative estimate of drug-likeness (QED) is 0.744. The Balaban J connectivity index is 1.95. The van der Waals surface area contributed by atoms with Gasteiger partial charge in [-0.25, -0.2) is 0 Å². The van der Waals surface area contributed by atoms with E-state index in [1.807, 2.05) is 12.1 Å². The van der Waals surface area contributed by atoms with Crippen LogP contribution in [0.1, 0.15) is 45.1 Å². The van der Waals surface area contributed by atoms with Crippen molar-refractivity contribution in [1.82, 2.24) is 4.90 Å². The molecule has 0 bridgehead atoms. The molecular weight excluding hydrogens is 220 g/mol. The minimum Gasteiger partial charge on any atom is -0.399 e. The molecule has 100 valence electrons. The average molecular weight is 246 g/mol. The molecule has 2 nitrogen and oxygen atoms in total. The lowest BCUT2D eigenvalue weighted by atomic mass is 10.0. The van der Waals surface area contributed by atoms with Gasteiger partial charge in [0.15, 0.2) is 0 Å². The van der Waals surface area contributed by atoms with Gasteiger partial charge in [-0.3, -0.25) is 4.90 Å². The molecule has 0 aliphatic heterocycles. The molecule has 2 rings (SSSR count). The lowest BCUT2D eigenvalue weighted by molar-refractivity contribution is 0.206. The smallest absolute Gasteiger partial charge is 0.0314 e. The van der Waals surface area contributed by atoms with Crippen LogP contribution in [-0.2, 0) is 6.54 Å². The van der Waals surface area contributed by atoms with E-state index in [4.69, 9.17) is 5.73 Å². The molecule has 0 spiro atoms. The summed E-state index contributed by atoms with van der Waals surface area (Å²) in [6.45, 7) is 6.95. The predicted octanol–water partition coefficient (Wildman–Crippen LogP) is 3.67. The molecule has 1 saturated carbocycles. The van der Waals surface area contributed by atoms with Gasteiger partial charge in [-0.15, -0.1) is 0 Å². The number of anilines is 1. The molecule has 0 atom stereocenters. The molecule has 1 aromatic rings. The Morgan fingerprint density at radius 3 is 2.28 bits per heavy atom. The molecule has 0 unspecified atom stereocenters. The molecular formula is C16H26N2. The van der Waals surface area contributed by atoms with Crippen molar-refractivity contribution >= 4 is 5.69 Å². The van der Waals surface area contributed by atoms with Gasteiger partial charge in [-0.05, 0) is 36.5 Å². The van der Waals surface area contributed by atoms with Crippen LogP contribution < -0.4 is 5.73 Å². The molecule has 2 N–H and O–H groups in total. The van der Waals surface area contributed by atoms with E-state index in [1.54, 1.807) is 0 Å². The largest absolute Gasteiger partial charge is 0.399 e. The van der Waals surface area contributed by atoms with Gasteiger partial charge < -0.3 is 5.73 Å². The van der Waals surface area contributed by atoms with Crippen molar-refractivity contribution in [2.24, 2.45) is 5.92 Å². The Hall–Kier alpha value is -1.02. The van der Waals surface area contributed by atoms with Crippen LogP contribution in [0.2, 0.25) is 0 Å². The Bertz CT molecular complexity index is 350. The van der Waals surface area contributed by atoms with Gasteiger partial charge in [0.25, 0.3) is 0 Å². The maximum atomic E-state index is 5.74. The zero-order valence-corrected chi connectivity index (χ0v) is 11.7. The number of rotatable bonds is 7. The van der Waals surface area contributed by atoms with Crippen molar-refractivity contribution in [3.8, 4) is 0 Å². The van der Waals surface area contributed by atoms with E-state index >= 15 is 0 Å². The highest BCUT2D eigenvalue weighted by Crippen LogP contribution is 2.30. The first-order chi connectivity index (χ1) is 8.72. The highest BCUT2D eigenvalue weighted by molar-refractivity contribution is 5.39. The fourth-order valence-electron chi connectivity index (χ4n) is 2.52. The summed E-state index contributed by atoms with van der Waals surface area (Å²) in [7, 11) is 0. The van der Waals surface area contributed by atoms with Gasteiger partial charge in [0.05, 0.1) is 0 Å². The van der Waals surface area contributed by atoms with E-state index in [0.29, 0.717) is 0 Å². The fourth-order valence-corrected chi connectivity index (χ4v) is 2.52. The van der Waals surface area contributed by atoms with Crippen molar-refractivity contribution in [2.45, 2.75) is 52.1 Å². The highest BCUT2D eigenvalue weighted by Gasteiger charge is 2.29. The normalized spacial score (nSPS) is 15.6. The first-order valence-electron chi connectivity index (χ1n) is 7.31. The number of hydrogen-bond acceptors (Lipinski definition) is 2. The van der Waals surface area contributed by atoms with Gasteiger partial charge in [-0.1, -0.05) is 38.8 Å². The maximum Gasteiger partial charge on any atom is 0.0314 e. The molecule has 0 heterocycles. The average Bonchev–Trinajstić information content (AvgIpc) is 3.21. The molecule has 0 amide bonds. The Labute approximate surface area is 111 Å². The lowest BCUT2D eigenvalue weighted by Crippen LogP contribution is -2.30. The molecule has 0 aromatic heterocycles. The third-order valence-corrected chi connectivity index (χ3v) is 4.08. The number of nitrogens with zero attached hydrogens (tertiary/aromatic N) is 1. The Morgan fingerprint density at radius 2 is 1.78 bits per heavy atom. The number of hydrogen-bond donors (Lipinski definition) is 1. The van der Waals surface area contributed by atoms with Crippen LogP contribution in [0.3, 0.4) is 0 Å². The van der Waals surface area contributed by atoms with E-state index < -0.39 is 0 Å². The number of nitrogens with two attached hydrogens (primary N) is 1. The summed E-state index contributed by atoms with van der Waals surface area (Å²) in [5.74, 6) is 0.847. The third kappa shape index (κ3) is 3.74. The van der Waals surface area contributed by atoms with Crippen LogP contribution in [0.25, 0.3) is 0 Å². The highest BCUT2D eigenvalue weighted by atomic mass is 15.2. The van der Waals surface area contributed by atoms with Crippen LogP contribution in [0, 0.1) is 5.92 Å². The van der Waals surface area contributed by atoms with Crippen molar-refractivity contribution < 1.29 is 0 Å². The van der Waals surface area contributed by atoms with Gasteiger partial charge in [0, 0.05) is 24.8 Å². The van der Waals surface area contributed by atoms with Crippen molar-refractivity contribution in [3.05, 3.63) is 29.8 Å². The van der Waals surface area contributed by atoms with E-state index in [9.17, 15) is 0 Å². The molecule has 1 fully saturated rings. The zero-order valence-electron chi connectivity index (χ0n) is 11.7. The molecule has 18 heavy (non-hydrogen) atoms. The fraction of sp³-hybridized carbons (Fsp3) is 0.625. The standard InChI is InChI=1S/C16H26N2/c1-3-13(4-2)11-18(16-9-10-16)12-14-5-7-15(17)8-6-14/h5-8,13,16H,3-4,9-12,17H2,1-2H3. The van der Waals surface area contributed by atoms with Gasteiger partial charge >= 0.3 is 0 Å². The van der Waals surface area contributed by atoms with E-state index in [1.165, 1.54) is 37.8 Å². The SMILES string of the molecule is CCC(CC)CN(Cc1ccc(N)cc1)C1CC1. The van der Waals surface area contributed by atoms with Crippen LogP contribution in [-0.4, -0.2) is 17.5 Å². The second kappa shape index (κ2) is 6.24. The second-order valence-electron chi connectivity index (χ2n) is 5.58. The number of nitrogen functional groups attached to an aromatic ring is 1. The molecule has 2 heteroatoms. The minimum atomic E-state index is 0.836. The van der Waals surface area contributed by atoms with Crippen molar-refractivity contribution in [1.29, 1.82) is 0 Å². The van der Waals surface area contributed by atoms with Gasteiger partial charge in [-0.2, -0.15) is 0 Å². The van der Waals surface area contributed by atoms with E-state index in [-0.39, 0.29) is 0 Å². The first kappa shape index (κ1) is 13.4. The second-order valence-corrected chi connectivity index (χ2v) is 5.58. The monoisotopic (exact) mass is 246 g/mol. The summed E-state index contributed by atoms with van der Waals surface area (Å²) < 4.78 is 0. The topological polar surface area (TPSA) is 29.3 Å². The van der Waals surface area contributed by atoms with Gasteiger partial charge in [0.2, 0.25) is 0 Å². The lowest BCUT2D eigenvalue weighted by Gasteiger charge is -2.26. The van der Waals surface area contributed by atoms with Crippen LogP contribution in [0.5, 0.6) is 0 Å². The van der Waals surface area contributed by atoms with Gasteiger partial charge in [0.1, 0.15) is 0 Å². The summed E-state index contributed by atoms with van der Waals surface area (Å²) in [4.78, 5) is 2.67. The maximum absolute atomic E-state index is 5.74. The number of benzene rings is 1. The molecule has 1 aliphatic rings. The molecule has 0 saturated heterocycles. The molecule has 0 radical (unpaired) electrons. The Kier molecular flexibility index (Phi) is 4.65. The summed E-state index contributed by atoms with van der Waals surface area (Å²) in [6.07, 6.45) is 5.35. The third-order valence-electron chi connectivity index (χ3n) is 4.08. The summed E-state index contributed by atoms with van der Waals surface area (Å²) >= 11 is 0. The first-order valence-corrected chi connectivity index (χ1v) is 7.31. The summed E-state index contributed by atoms with van der Waals surface area (Å²) in [5.41, 5.74) is 7.99. The predicted molar refractivity (Wildman–Crippen MR) is 78.4 cm³/mol. The van der Waals surface area contributed by atoms with Crippen LogP contribution in [0.15, 0.2) is 24.3 Å². The van der Waals surface area contributed by atoms with Crippen LogP contribution >= 0.6 is 0 Å². The Morgan fingerprint density at radius 1 is 1.17 bits per heavy atom. The summed E-state index contributed by atoms with van der Waals surface area (Å²) in [6, 6.07) is 9.19. The molecule has 1 aliphatic carbocycles.